The Morgan fingerprint density at radius 1 is 1.11 bits per heavy atom. The molecule has 1 atom stereocenters. The first kappa shape index (κ1) is 14.1. The van der Waals surface area contributed by atoms with Gasteiger partial charge < -0.3 is 5.32 Å². The largest absolute Gasteiger partial charge is 0.307 e. The second-order valence-corrected chi connectivity index (χ2v) is 5.34. The van der Waals surface area contributed by atoms with Crippen molar-refractivity contribution in [1.29, 1.82) is 0 Å². The summed E-state index contributed by atoms with van der Waals surface area (Å²) in [5.41, 5.74) is 5.09. The Kier molecular flexibility index (Phi) is 4.62. The molecule has 0 radical (unpaired) electrons. The van der Waals surface area contributed by atoms with Crippen LogP contribution in [0.4, 0.5) is 0 Å². The Morgan fingerprint density at radius 2 is 1.89 bits per heavy atom. The summed E-state index contributed by atoms with van der Waals surface area (Å²) in [6, 6.07) is 15.0. The molecule has 0 aliphatic carbocycles. The van der Waals surface area contributed by atoms with E-state index in [9.17, 15) is 0 Å². The van der Waals surface area contributed by atoms with Crippen LogP contribution >= 0.6 is 11.6 Å². The van der Waals surface area contributed by atoms with Crippen LogP contribution in [0.1, 0.15) is 35.2 Å². The normalized spacial score (nSPS) is 12.4. The van der Waals surface area contributed by atoms with Crippen molar-refractivity contribution in [1.82, 2.24) is 5.32 Å². The van der Waals surface area contributed by atoms with Crippen molar-refractivity contribution in [2.75, 3.05) is 6.54 Å². The van der Waals surface area contributed by atoms with Crippen molar-refractivity contribution < 1.29 is 0 Å². The number of hydrogen-bond acceptors (Lipinski definition) is 1. The molecule has 0 aliphatic rings. The average molecular weight is 274 g/mol. The molecule has 0 saturated carbocycles. The summed E-state index contributed by atoms with van der Waals surface area (Å²) in [6.07, 6.45) is 0. The van der Waals surface area contributed by atoms with Crippen molar-refractivity contribution in [3.8, 4) is 0 Å². The molecule has 1 nitrogen and oxygen atoms in total. The van der Waals surface area contributed by atoms with Gasteiger partial charge >= 0.3 is 0 Å². The first-order valence-corrected chi connectivity index (χ1v) is 7.05. The molecule has 2 aromatic carbocycles. The lowest BCUT2D eigenvalue weighted by molar-refractivity contribution is 0.627. The van der Waals surface area contributed by atoms with Crippen LogP contribution in [0, 0.1) is 13.8 Å². The van der Waals surface area contributed by atoms with Gasteiger partial charge in [0.2, 0.25) is 0 Å². The van der Waals surface area contributed by atoms with Gasteiger partial charge in [-0.2, -0.15) is 0 Å². The van der Waals surface area contributed by atoms with E-state index in [1.165, 1.54) is 22.3 Å². The van der Waals surface area contributed by atoms with Gasteiger partial charge in [0.15, 0.2) is 0 Å². The van der Waals surface area contributed by atoms with E-state index in [4.69, 9.17) is 11.6 Å². The fraction of sp³-hybridized carbons (Fsp3) is 0.294. The number of rotatable bonds is 4. The SMILES string of the molecule is CCNC(c1cccc(C)c1)c1ccc(Cl)cc1C. The minimum Gasteiger partial charge on any atom is -0.307 e. The number of halogens is 1. The van der Waals surface area contributed by atoms with Crippen molar-refractivity contribution >= 4 is 11.6 Å². The maximum absolute atomic E-state index is 6.05. The van der Waals surface area contributed by atoms with Crippen molar-refractivity contribution in [2.45, 2.75) is 26.8 Å². The van der Waals surface area contributed by atoms with Crippen LogP contribution in [-0.4, -0.2) is 6.54 Å². The van der Waals surface area contributed by atoms with Gasteiger partial charge in [0.1, 0.15) is 0 Å². The Labute approximate surface area is 120 Å². The standard InChI is InChI=1S/C17H20ClN/c1-4-19-17(14-7-5-6-12(2)10-14)16-9-8-15(18)11-13(16)3/h5-11,17,19H,4H2,1-3H3. The van der Waals surface area contributed by atoms with Crippen LogP contribution in [0.5, 0.6) is 0 Å². The van der Waals surface area contributed by atoms with Gasteiger partial charge in [-0.3, -0.25) is 0 Å². The lowest BCUT2D eigenvalue weighted by Crippen LogP contribution is -2.22. The highest BCUT2D eigenvalue weighted by atomic mass is 35.5. The maximum Gasteiger partial charge on any atom is 0.0579 e. The minimum atomic E-state index is 0.224. The molecular weight excluding hydrogens is 254 g/mol. The van der Waals surface area contributed by atoms with Gasteiger partial charge in [-0.1, -0.05) is 54.4 Å². The molecule has 0 aliphatic heterocycles. The van der Waals surface area contributed by atoms with Crippen LogP contribution < -0.4 is 5.32 Å². The molecule has 1 N–H and O–H groups in total. The lowest BCUT2D eigenvalue weighted by atomic mass is 9.94. The molecule has 1 unspecified atom stereocenters. The van der Waals surface area contributed by atoms with Crippen LogP contribution in [0.15, 0.2) is 42.5 Å². The second kappa shape index (κ2) is 6.23. The summed E-state index contributed by atoms with van der Waals surface area (Å²) in [6.45, 7) is 7.30. The molecule has 100 valence electrons. The zero-order valence-electron chi connectivity index (χ0n) is 11.7. The van der Waals surface area contributed by atoms with Gasteiger partial charge in [0, 0.05) is 5.02 Å². The first-order valence-electron chi connectivity index (χ1n) is 6.68. The molecule has 19 heavy (non-hydrogen) atoms. The fourth-order valence-electron chi connectivity index (χ4n) is 2.42. The molecule has 0 heterocycles. The molecule has 2 aromatic rings. The van der Waals surface area contributed by atoms with Crippen LogP contribution in [0.25, 0.3) is 0 Å². The monoisotopic (exact) mass is 273 g/mol. The van der Waals surface area contributed by atoms with E-state index < -0.39 is 0 Å². The third-order valence-corrected chi connectivity index (χ3v) is 3.56. The predicted octanol–water partition coefficient (Wildman–Crippen LogP) is 4.66. The lowest BCUT2D eigenvalue weighted by Gasteiger charge is -2.21. The molecule has 0 spiro atoms. The predicted molar refractivity (Wildman–Crippen MR) is 82.9 cm³/mol. The Balaban J connectivity index is 2.45. The molecule has 0 amide bonds. The summed E-state index contributed by atoms with van der Waals surface area (Å²) in [5, 5.41) is 4.35. The maximum atomic E-state index is 6.05. The van der Waals surface area contributed by atoms with Gasteiger partial charge in [0.25, 0.3) is 0 Å². The van der Waals surface area contributed by atoms with E-state index >= 15 is 0 Å². The van der Waals surface area contributed by atoms with Gasteiger partial charge in [-0.05, 0) is 49.2 Å². The molecule has 0 bridgehead atoms. The van der Waals surface area contributed by atoms with Crippen LogP contribution in [0.2, 0.25) is 5.02 Å². The van der Waals surface area contributed by atoms with Crippen molar-refractivity contribution in [3.63, 3.8) is 0 Å². The summed E-state index contributed by atoms with van der Waals surface area (Å²) in [4.78, 5) is 0. The molecule has 2 rings (SSSR count). The van der Waals surface area contributed by atoms with E-state index in [0.29, 0.717) is 0 Å². The topological polar surface area (TPSA) is 12.0 Å². The molecule has 2 heteroatoms. The Morgan fingerprint density at radius 3 is 2.53 bits per heavy atom. The van der Waals surface area contributed by atoms with Crippen molar-refractivity contribution in [2.24, 2.45) is 0 Å². The van der Waals surface area contributed by atoms with Crippen LogP contribution in [0.3, 0.4) is 0 Å². The fourth-order valence-corrected chi connectivity index (χ4v) is 2.65. The number of aryl methyl sites for hydroxylation is 2. The summed E-state index contributed by atoms with van der Waals surface area (Å²) >= 11 is 6.05. The van der Waals surface area contributed by atoms with E-state index in [1.807, 2.05) is 12.1 Å². The van der Waals surface area contributed by atoms with Crippen molar-refractivity contribution in [3.05, 3.63) is 69.7 Å². The Hall–Kier alpha value is -1.31. The van der Waals surface area contributed by atoms with Crippen LogP contribution in [-0.2, 0) is 0 Å². The summed E-state index contributed by atoms with van der Waals surface area (Å²) in [5.74, 6) is 0. The van der Waals surface area contributed by atoms with Gasteiger partial charge in [0.05, 0.1) is 6.04 Å². The van der Waals surface area contributed by atoms with E-state index in [1.54, 1.807) is 0 Å². The smallest absolute Gasteiger partial charge is 0.0579 e. The molecule has 0 saturated heterocycles. The van der Waals surface area contributed by atoms with E-state index in [-0.39, 0.29) is 6.04 Å². The number of hydrogen-bond donors (Lipinski definition) is 1. The number of nitrogens with one attached hydrogen (secondary N) is 1. The third kappa shape index (κ3) is 3.37. The summed E-state index contributed by atoms with van der Waals surface area (Å²) < 4.78 is 0. The Bertz CT molecular complexity index is 563. The molecule has 0 aromatic heterocycles. The zero-order valence-corrected chi connectivity index (χ0v) is 12.5. The van der Waals surface area contributed by atoms with E-state index in [2.05, 4.69) is 56.4 Å². The summed E-state index contributed by atoms with van der Waals surface area (Å²) in [7, 11) is 0. The second-order valence-electron chi connectivity index (χ2n) is 4.91. The highest BCUT2D eigenvalue weighted by Crippen LogP contribution is 2.27. The van der Waals surface area contributed by atoms with Gasteiger partial charge in [-0.15, -0.1) is 0 Å². The highest BCUT2D eigenvalue weighted by molar-refractivity contribution is 6.30. The average Bonchev–Trinajstić information content (AvgIpc) is 2.37. The van der Waals surface area contributed by atoms with Gasteiger partial charge in [-0.25, -0.2) is 0 Å². The third-order valence-electron chi connectivity index (χ3n) is 3.33. The first-order chi connectivity index (χ1) is 9.11. The molecular formula is C17H20ClN. The highest BCUT2D eigenvalue weighted by Gasteiger charge is 2.15. The minimum absolute atomic E-state index is 0.224. The quantitative estimate of drug-likeness (QED) is 0.855. The molecule has 0 fully saturated rings. The zero-order chi connectivity index (χ0) is 13.8. The number of benzene rings is 2. The van der Waals surface area contributed by atoms with E-state index in [0.717, 1.165) is 11.6 Å².